The van der Waals surface area contributed by atoms with E-state index in [9.17, 15) is 13.6 Å². The second-order valence-corrected chi connectivity index (χ2v) is 8.18. The number of rotatable bonds is 7. The molecule has 8 heteroatoms. The van der Waals surface area contributed by atoms with Crippen LogP contribution >= 0.6 is 11.3 Å². The summed E-state index contributed by atoms with van der Waals surface area (Å²) >= 11 is 1.67. The van der Waals surface area contributed by atoms with Crippen LogP contribution in [0.3, 0.4) is 0 Å². The van der Waals surface area contributed by atoms with Crippen molar-refractivity contribution in [3.8, 4) is 5.69 Å². The number of nitrogens with one attached hydrogen (secondary N) is 1. The van der Waals surface area contributed by atoms with Crippen molar-refractivity contribution in [1.29, 1.82) is 0 Å². The fraction of sp³-hybridized carbons (Fsp3) is 0.381. The average molecular weight is 416 g/mol. The zero-order valence-corrected chi connectivity index (χ0v) is 17.0. The summed E-state index contributed by atoms with van der Waals surface area (Å²) in [5.41, 5.74) is 3.67. The van der Waals surface area contributed by atoms with E-state index in [0.29, 0.717) is 17.9 Å². The predicted octanol–water partition coefficient (Wildman–Crippen LogP) is 4.16. The third-order valence-electron chi connectivity index (χ3n) is 5.06. The quantitative estimate of drug-likeness (QED) is 0.589. The number of thiazole rings is 1. The first kappa shape index (κ1) is 19.7. The summed E-state index contributed by atoms with van der Waals surface area (Å²) in [4.78, 5) is 17.1. The Hall–Kier alpha value is -2.61. The highest BCUT2D eigenvalue weighted by Gasteiger charge is 2.27. The van der Waals surface area contributed by atoms with Crippen molar-refractivity contribution in [2.45, 2.75) is 45.4 Å². The number of hydrogen-bond donors (Lipinski definition) is 1. The van der Waals surface area contributed by atoms with Gasteiger partial charge in [0, 0.05) is 34.9 Å². The summed E-state index contributed by atoms with van der Waals surface area (Å²) in [6.45, 7) is 2.55. The minimum absolute atomic E-state index is 0.213. The molecule has 2 aromatic heterocycles. The molecule has 0 saturated heterocycles. The van der Waals surface area contributed by atoms with Gasteiger partial charge >= 0.3 is 0 Å². The molecule has 0 unspecified atom stereocenters. The molecule has 0 spiro atoms. The third kappa shape index (κ3) is 4.22. The number of unbranched alkanes of at least 4 members (excludes halogenated alkanes) is 1. The highest BCUT2D eigenvalue weighted by molar-refractivity contribution is 7.09. The van der Waals surface area contributed by atoms with Gasteiger partial charge in [-0.25, -0.2) is 18.4 Å². The standard InChI is InChI=1S/C21H22F2N4OS/c1-13-12-29-19(25-13)7-2-3-10-24-21(28)20-15-5-4-6-18(15)27(26-20)14-8-9-16(22)17(23)11-14/h8-9,11-12H,2-7,10H2,1H3,(H,24,28). The Bertz CT molecular complexity index is 1040. The van der Waals surface area contributed by atoms with Crippen LogP contribution in [-0.2, 0) is 19.3 Å². The number of benzene rings is 1. The van der Waals surface area contributed by atoms with Crippen LogP contribution in [0.4, 0.5) is 8.78 Å². The molecule has 2 heterocycles. The van der Waals surface area contributed by atoms with E-state index in [1.807, 2.05) is 12.3 Å². The van der Waals surface area contributed by atoms with Crippen LogP contribution < -0.4 is 5.32 Å². The van der Waals surface area contributed by atoms with E-state index >= 15 is 0 Å². The van der Waals surface area contributed by atoms with E-state index < -0.39 is 11.6 Å². The first-order valence-electron chi connectivity index (χ1n) is 9.78. The van der Waals surface area contributed by atoms with E-state index in [4.69, 9.17) is 0 Å². The first-order chi connectivity index (χ1) is 14.0. The van der Waals surface area contributed by atoms with Crippen molar-refractivity contribution in [2.75, 3.05) is 6.54 Å². The number of carbonyl (C=O) groups excluding carboxylic acids is 1. The number of hydrogen-bond acceptors (Lipinski definition) is 4. The zero-order chi connectivity index (χ0) is 20.4. The van der Waals surface area contributed by atoms with Crippen molar-refractivity contribution in [3.05, 3.63) is 62.9 Å². The molecule has 0 bridgehead atoms. The predicted molar refractivity (Wildman–Crippen MR) is 108 cm³/mol. The Labute approximate surface area is 171 Å². The minimum atomic E-state index is -0.925. The van der Waals surface area contributed by atoms with Gasteiger partial charge in [-0.2, -0.15) is 5.10 Å². The lowest BCUT2D eigenvalue weighted by molar-refractivity contribution is 0.0946. The van der Waals surface area contributed by atoms with Crippen molar-refractivity contribution >= 4 is 17.2 Å². The molecule has 0 atom stereocenters. The molecule has 0 fully saturated rings. The average Bonchev–Trinajstić information content (AvgIpc) is 3.40. The molecule has 4 rings (SSSR count). The lowest BCUT2D eigenvalue weighted by Gasteiger charge is -2.06. The maximum absolute atomic E-state index is 13.6. The molecule has 0 aliphatic heterocycles. The van der Waals surface area contributed by atoms with E-state index in [1.165, 1.54) is 6.07 Å². The maximum atomic E-state index is 13.6. The van der Waals surface area contributed by atoms with Crippen LogP contribution in [0.2, 0.25) is 0 Å². The Morgan fingerprint density at radius 2 is 2.10 bits per heavy atom. The molecule has 3 aromatic rings. The monoisotopic (exact) mass is 416 g/mol. The van der Waals surface area contributed by atoms with Gasteiger partial charge in [0.15, 0.2) is 17.3 Å². The van der Waals surface area contributed by atoms with E-state index in [0.717, 1.165) is 72.6 Å². The van der Waals surface area contributed by atoms with Gasteiger partial charge in [0.25, 0.3) is 5.91 Å². The van der Waals surface area contributed by atoms with Crippen LogP contribution in [0.1, 0.15) is 51.7 Å². The summed E-state index contributed by atoms with van der Waals surface area (Å²) in [6.07, 6.45) is 5.18. The van der Waals surface area contributed by atoms with E-state index in [2.05, 4.69) is 15.4 Å². The third-order valence-corrected chi connectivity index (χ3v) is 6.09. The number of aromatic nitrogens is 3. The largest absolute Gasteiger partial charge is 0.351 e. The Morgan fingerprint density at radius 1 is 1.24 bits per heavy atom. The molecule has 1 aromatic carbocycles. The molecule has 1 aliphatic carbocycles. The summed E-state index contributed by atoms with van der Waals surface area (Å²) in [5, 5.41) is 10.5. The van der Waals surface area contributed by atoms with Crippen LogP contribution in [0.5, 0.6) is 0 Å². The topological polar surface area (TPSA) is 59.8 Å². The second-order valence-electron chi connectivity index (χ2n) is 7.23. The Balaban J connectivity index is 1.40. The number of nitrogens with zero attached hydrogens (tertiary/aromatic N) is 3. The number of halogens is 2. The number of fused-ring (bicyclic) bond motifs is 1. The molecular formula is C21H22F2N4OS. The van der Waals surface area contributed by atoms with Crippen LogP contribution in [-0.4, -0.2) is 27.2 Å². The van der Waals surface area contributed by atoms with Gasteiger partial charge in [0.05, 0.1) is 10.7 Å². The van der Waals surface area contributed by atoms with Crippen LogP contribution in [0.25, 0.3) is 5.69 Å². The van der Waals surface area contributed by atoms with Gasteiger partial charge in [-0.15, -0.1) is 11.3 Å². The molecule has 1 amide bonds. The van der Waals surface area contributed by atoms with Gasteiger partial charge in [0.1, 0.15) is 0 Å². The van der Waals surface area contributed by atoms with E-state index in [1.54, 1.807) is 16.0 Å². The Morgan fingerprint density at radius 3 is 2.86 bits per heavy atom. The SMILES string of the molecule is Cc1csc(CCCCNC(=O)c2nn(-c3ccc(F)c(F)c3)c3c2CCC3)n1. The summed E-state index contributed by atoms with van der Waals surface area (Å²) in [7, 11) is 0. The Kier molecular flexibility index (Phi) is 5.71. The smallest absolute Gasteiger partial charge is 0.272 e. The highest BCUT2D eigenvalue weighted by Crippen LogP contribution is 2.28. The molecule has 0 radical (unpaired) electrons. The molecule has 152 valence electrons. The van der Waals surface area contributed by atoms with Crippen LogP contribution in [0, 0.1) is 18.6 Å². The zero-order valence-electron chi connectivity index (χ0n) is 16.2. The number of aryl methyl sites for hydroxylation is 2. The van der Waals surface area contributed by atoms with Gasteiger partial charge < -0.3 is 5.32 Å². The van der Waals surface area contributed by atoms with Gasteiger partial charge in [0.2, 0.25) is 0 Å². The summed E-state index contributed by atoms with van der Waals surface area (Å²) in [5.74, 6) is -2.04. The van der Waals surface area contributed by atoms with Crippen molar-refractivity contribution < 1.29 is 13.6 Å². The molecule has 0 saturated carbocycles. The van der Waals surface area contributed by atoms with Gasteiger partial charge in [-0.05, 0) is 57.6 Å². The van der Waals surface area contributed by atoms with Crippen LogP contribution in [0.15, 0.2) is 23.6 Å². The minimum Gasteiger partial charge on any atom is -0.351 e. The van der Waals surface area contributed by atoms with E-state index in [-0.39, 0.29) is 5.91 Å². The van der Waals surface area contributed by atoms with Gasteiger partial charge in [-0.1, -0.05) is 0 Å². The lowest BCUT2D eigenvalue weighted by Crippen LogP contribution is -2.26. The first-order valence-corrected chi connectivity index (χ1v) is 10.7. The number of amides is 1. The van der Waals surface area contributed by atoms with Crippen molar-refractivity contribution in [2.24, 2.45) is 0 Å². The van der Waals surface area contributed by atoms with Gasteiger partial charge in [-0.3, -0.25) is 4.79 Å². The fourth-order valence-electron chi connectivity index (χ4n) is 3.65. The summed E-state index contributed by atoms with van der Waals surface area (Å²) in [6, 6.07) is 3.67. The lowest BCUT2D eigenvalue weighted by atomic mass is 10.2. The second kappa shape index (κ2) is 8.41. The molecule has 5 nitrogen and oxygen atoms in total. The van der Waals surface area contributed by atoms with Crippen molar-refractivity contribution in [3.63, 3.8) is 0 Å². The molecule has 1 N–H and O–H groups in total. The maximum Gasteiger partial charge on any atom is 0.272 e. The molecule has 1 aliphatic rings. The van der Waals surface area contributed by atoms with Crippen molar-refractivity contribution in [1.82, 2.24) is 20.1 Å². The highest BCUT2D eigenvalue weighted by atomic mass is 32.1. The fourth-order valence-corrected chi connectivity index (χ4v) is 4.47. The summed E-state index contributed by atoms with van der Waals surface area (Å²) < 4.78 is 28.5. The number of carbonyl (C=O) groups is 1. The molecular weight excluding hydrogens is 394 g/mol. The normalized spacial score (nSPS) is 12.9. The molecule has 29 heavy (non-hydrogen) atoms.